The van der Waals surface area contributed by atoms with Gasteiger partial charge < -0.3 is 0 Å². The van der Waals surface area contributed by atoms with E-state index in [1.54, 1.807) is 4.31 Å². The molecule has 0 radical (unpaired) electrons. The van der Waals surface area contributed by atoms with Crippen LogP contribution in [0.3, 0.4) is 0 Å². The molecule has 0 aliphatic carbocycles. The van der Waals surface area contributed by atoms with E-state index in [0.717, 1.165) is 19.3 Å². The summed E-state index contributed by atoms with van der Waals surface area (Å²) in [6.45, 7) is 3.91. The van der Waals surface area contributed by atoms with E-state index in [1.165, 1.54) is 18.2 Å². The van der Waals surface area contributed by atoms with Crippen molar-refractivity contribution in [1.82, 2.24) is 4.31 Å². The molecule has 1 aliphatic heterocycles. The molecule has 2 unspecified atom stereocenters. The fourth-order valence-corrected chi connectivity index (χ4v) is 5.23. The van der Waals surface area contributed by atoms with Gasteiger partial charge in [-0.25, -0.2) is 8.42 Å². The summed E-state index contributed by atoms with van der Waals surface area (Å²) >= 11 is 6.05. The molecule has 0 N–H and O–H groups in total. The highest BCUT2D eigenvalue weighted by molar-refractivity contribution is 7.89. The van der Waals surface area contributed by atoms with Gasteiger partial charge in [-0.1, -0.05) is 18.5 Å². The molecule has 0 saturated carbocycles. The van der Waals surface area contributed by atoms with Crippen molar-refractivity contribution in [3.05, 3.63) is 28.8 Å². The van der Waals surface area contributed by atoms with E-state index in [-0.39, 0.29) is 22.0 Å². The van der Waals surface area contributed by atoms with E-state index in [0.29, 0.717) is 5.56 Å². The second-order valence-corrected chi connectivity index (χ2v) is 7.30. The Balaban J connectivity index is 2.48. The lowest BCUT2D eigenvalue weighted by molar-refractivity contribution is 0.329. The Labute approximate surface area is 125 Å². The first-order chi connectivity index (χ1) is 9.41. The van der Waals surface area contributed by atoms with Crippen LogP contribution in [0.1, 0.15) is 38.7 Å². The van der Waals surface area contributed by atoms with Gasteiger partial charge in [0.25, 0.3) is 0 Å². The molecule has 1 aromatic carbocycles. The molecule has 108 valence electrons. The zero-order valence-corrected chi connectivity index (χ0v) is 13.1. The van der Waals surface area contributed by atoms with Gasteiger partial charge in [-0.2, -0.15) is 9.57 Å². The quantitative estimate of drug-likeness (QED) is 0.861. The molecule has 0 aromatic heterocycles. The Morgan fingerprint density at radius 3 is 2.70 bits per heavy atom. The van der Waals surface area contributed by atoms with Gasteiger partial charge in [-0.3, -0.25) is 0 Å². The van der Waals surface area contributed by atoms with Gasteiger partial charge in [-0.15, -0.1) is 0 Å². The van der Waals surface area contributed by atoms with Crippen molar-refractivity contribution in [3.8, 4) is 6.07 Å². The average Bonchev–Trinajstić information content (AvgIpc) is 2.80. The molecule has 4 nitrogen and oxygen atoms in total. The first-order valence-electron chi connectivity index (χ1n) is 6.65. The lowest BCUT2D eigenvalue weighted by atomic mass is 10.2. The molecule has 0 bridgehead atoms. The minimum atomic E-state index is -3.61. The van der Waals surface area contributed by atoms with Crippen LogP contribution in [-0.2, 0) is 10.0 Å². The number of benzene rings is 1. The van der Waals surface area contributed by atoms with Crippen LogP contribution in [0, 0.1) is 11.3 Å². The van der Waals surface area contributed by atoms with Crippen molar-refractivity contribution in [2.24, 2.45) is 0 Å². The lowest BCUT2D eigenvalue weighted by Crippen LogP contribution is -2.39. The Bertz CT molecular complexity index is 652. The van der Waals surface area contributed by atoms with Crippen LogP contribution in [0.2, 0.25) is 5.02 Å². The number of hydrogen-bond donors (Lipinski definition) is 0. The zero-order valence-electron chi connectivity index (χ0n) is 11.5. The molecule has 2 rings (SSSR count). The fourth-order valence-electron chi connectivity index (χ4n) is 2.76. The van der Waals surface area contributed by atoms with E-state index < -0.39 is 10.0 Å². The number of nitrogens with zero attached hydrogens (tertiary/aromatic N) is 2. The first-order valence-corrected chi connectivity index (χ1v) is 8.46. The standard InChI is InChI=1S/C14H17ClN2O2S/c1-3-12-6-4-10(2)17(12)20(18,19)14-7-5-11(9-16)8-13(14)15/h5,7-8,10,12H,3-4,6H2,1-2H3. The molecule has 0 spiro atoms. The maximum Gasteiger partial charge on any atom is 0.245 e. The highest BCUT2D eigenvalue weighted by atomic mass is 35.5. The number of nitriles is 1. The summed E-state index contributed by atoms with van der Waals surface area (Å²) in [6.07, 6.45) is 2.54. The SMILES string of the molecule is CCC1CCC(C)N1S(=O)(=O)c1ccc(C#N)cc1Cl. The molecule has 0 amide bonds. The van der Waals surface area contributed by atoms with Gasteiger partial charge in [-0.05, 0) is 44.4 Å². The molecule has 1 saturated heterocycles. The summed E-state index contributed by atoms with van der Waals surface area (Å²) in [5, 5.41) is 8.93. The molecule has 1 fully saturated rings. The fraction of sp³-hybridized carbons (Fsp3) is 0.500. The van der Waals surface area contributed by atoms with Crippen LogP contribution in [0.5, 0.6) is 0 Å². The van der Waals surface area contributed by atoms with Crippen LogP contribution in [-0.4, -0.2) is 24.8 Å². The smallest absolute Gasteiger partial charge is 0.207 e. The number of halogens is 1. The second-order valence-electron chi connectivity index (χ2n) is 5.08. The van der Waals surface area contributed by atoms with Crippen LogP contribution < -0.4 is 0 Å². The lowest BCUT2D eigenvalue weighted by Gasteiger charge is -2.27. The maximum absolute atomic E-state index is 12.8. The number of rotatable bonds is 3. The topological polar surface area (TPSA) is 61.2 Å². The minimum Gasteiger partial charge on any atom is -0.207 e. The predicted octanol–water partition coefficient (Wildman–Crippen LogP) is 3.16. The van der Waals surface area contributed by atoms with Crippen molar-refractivity contribution in [2.45, 2.75) is 50.1 Å². The minimum absolute atomic E-state index is 0.0170. The largest absolute Gasteiger partial charge is 0.245 e. The van der Waals surface area contributed by atoms with Crippen LogP contribution in [0.25, 0.3) is 0 Å². The Morgan fingerprint density at radius 1 is 1.45 bits per heavy atom. The average molecular weight is 313 g/mol. The molecular formula is C14H17ClN2O2S. The second kappa shape index (κ2) is 5.72. The summed E-state index contributed by atoms with van der Waals surface area (Å²) in [4.78, 5) is 0.0883. The molecule has 1 aliphatic rings. The Morgan fingerprint density at radius 2 is 2.15 bits per heavy atom. The van der Waals surface area contributed by atoms with Gasteiger partial charge in [0.2, 0.25) is 10.0 Å². The van der Waals surface area contributed by atoms with E-state index >= 15 is 0 Å². The van der Waals surface area contributed by atoms with Crippen LogP contribution in [0.4, 0.5) is 0 Å². The summed E-state index contributed by atoms with van der Waals surface area (Å²) in [5.74, 6) is 0. The molecule has 6 heteroatoms. The number of sulfonamides is 1. The molecule has 2 atom stereocenters. The van der Waals surface area contributed by atoms with E-state index in [4.69, 9.17) is 16.9 Å². The first kappa shape index (κ1) is 15.3. The predicted molar refractivity (Wildman–Crippen MR) is 78.0 cm³/mol. The highest BCUT2D eigenvalue weighted by Gasteiger charge is 2.39. The summed E-state index contributed by atoms with van der Waals surface area (Å²) in [7, 11) is -3.61. The summed E-state index contributed by atoms with van der Waals surface area (Å²) in [5.41, 5.74) is 0.357. The Kier molecular flexibility index (Phi) is 4.38. The zero-order chi connectivity index (χ0) is 14.9. The molecule has 1 heterocycles. The van der Waals surface area contributed by atoms with Gasteiger partial charge in [0.15, 0.2) is 0 Å². The van der Waals surface area contributed by atoms with E-state index in [2.05, 4.69) is 0 Å². The van der Waals surface area contributed by atoms with Crippen molar-refractivity contribution < 1.29 is 8.42 Å². The third-order valence-corrected chi connectivity index (χ3v) is 6.35. The van der Waals surface area contributed by atoms with E-state index in [9.17, 15) is 8.42 Å². The molecule has 1 aromatic rings. The maximum atomic E-state index is 12.8. The Hall–Kier alpha value is -1.09. The van der Waals surface area contributed by atoms with Crippen molar-refractivity contribution in [1.29, 1.82) is 5.26 Å². The van der Waals surface area contributed by atoms with Gasteiger partial charge in [0, 0.05) is 12.1 Å². The van der Waals surface area contributed by atoms with Crippen molar-refractivity contribution in [2.75, 3.05) is 0 Å². The van der Waals surface area contributed by atoms with Gasteiger partial charge >= 0.3 is 0 Å². The molecular weight excluding hydrogens is 296 g/mol. The van der Waals surface area contributed by atoms with Crippen molar-refractivity contribution >= 4 is 21.6 Å². The van der Waals surface area contributed by atoms with Gasteiger partial charge in [0.1, 0.15) is 4.90 Å². The van der Waals surface area contributed by atoms with Crippen LogP contribution in [0.15, 0.2) is 23.1 Å². The number of hydrogen-bond acceptors (Lipinski definition) is 3. The third-order valence-electron chi connectivity index (χ3n) is 3.80. The summed E-state index contributed by atoms with van der Waals surface area (Å²) < 4.78 is 27.2. The summed E-state index contributed by atoms with van der Waals surface area (Å²) in [6, 6.07) is 6.27. The van der Waals surface area contributed by atoms with E-state index in [1.807, 2.05) is 19.9 Å². The van der Waals surface area contributed by atoms with Gasteiger partial charge in [0.05, 0.1) is 16.7 Å². The third kappa shape index (κ3) is 2.56. The van der Waals surface area contributed by atoms with Crippen molar-refractivity contribution in [3.63, 3.8) is 0 Å². The monoisotopic (exact) mass is 312 g/mol. The highest BCUT2D eigenvalue weighted by Crippen LogP contribution is 2.34. The molecule has 20 heavy (non-hydrogen) atoms. The normalized spacial score (nSPS) is 23.7. The van der Waals surface area contributed by atoms with Crippen LogP contribution >= 0.6 is 11.6 Å².